The summed E-state index contributed by atoms with van der Waals surface area (Å²) in [6.07, 6.45) is -4.28. The number of anilines is 2. The maximum absolute atomic E-state index is 13.2. The molecule has 0 spiro atoms. The van der Waals surface area contributed by atoms with Crippen molar-refractivity contribution in [3.63, 3.8) is 0 Å². The number of benzene rings is 3. The Morgan fingerprint density at radius 1 is 1.03 bits per heavy atom. The van der Waals surface area contributed by atoms with Gasteiger partial charge >= 0.3 is 6.18 Å². The fraction of sp³-hybridized carbons (Fsp3) is 0.296. The molecule has 0 unspecified atom stereocenters. The molecule has 0 bridgehead atoms. The van der Waals surface area contributed by atoms with Crippen molar-refractivity contribution in [2.24, 2.45) is 0 Å². The molecule has 1 atom stereocenters. The molecule has 0 saturated carbocycles. The van der Waals surface area contributed by atoms with Crippen LogP contribution in [-0.2, 0) is 22.7 Å². The smallest absolute Gasteiger partial charge is 0.425 e. The van der Waals surface area contributed by atoms with E-state index in [-0.39, 0.29) is 22.8 Å². The molecular weight excluding hydrogens is 576 g/mol. The summed E-state index contributed by atoms with van der Waals surface area (Å²) >= 11 is 12.1. The lowest BCUT2D eigenvalue weighted by molar-refractivity contribution is -0.189. The quantitative estimate of drug-likeness (QED) is 0.366. The van der Waals surface area contributed by atoms with Crippen LogP contribution < -0.4 is 15.0 Å². The Morgan fingerprint density at radius 3 is 2.33 bits per heavy atom. The van der Waals surface area contributed by atoms with Gasteiger partial charge in [-0.1, -0.05) is 47.5 Å². The predicted octanol–water partition coefficient (Wildman–Crippen LogP) is 6.58. The molecule has 0 aromatic heterocycles. The van der Waals surface area contributed by atoms with Crippen LogP contribution in [0.2, 0.25) is 10.0 Å². The monoisotopic (exact) mass is 600 g/mol. The zero-order valence-corrected chi connectivity index (χ0v) is 23.3. The van der Waals surface area contributed by atoms with Crippen molar-refractivity contribution < 1.29 is 31.1 Å². The van der Waals surface area contributed by atoms with Gasteiger partial charge in [0.1, 0.15) is 5.75 Å². The van der Waals surface area contributed by atoms with Crippen molar-refractivity contribution in [3.8, 4) is 5.75 Å². The lowest BCUT2D eigenvalue weighted by Crippen LogP contribution is -2.33. The largest absolute Gasteiger partial charge is 0.480 e. The molecule has 1 N–H and O–H groups in total. The first-order chi connectivity index (χ1) is 18.3. The number of nitrogens with one attached hydrogen (secondary N) is 1. The number of sulfone groups is 1. The van der Waals surface area contributed by atoms with Crippen LogP contribution >= 0.6 is 23.2 Å². The second-order valence-corrected chi connectivity index (χ2v) is 12.0. The average Bonchev–Trinajstić information content (AvgIpc) is 3.52. The number of hydrogen-bond donors (Lipinski definition) is 1. The van der Waals surface area contributed by atoms with E-state index in [0.717, 1.165) is 60.6 Å². The minimum atomic E-state index is -4.65. The standard InChI is InChI=1S/C19H17ClF3NO4S.C8H8ClN/c1-11(19(21,22)23)28-16-7-6-13(29(2,26)27)10-14(16)18(25)24-9-8-12-4-3-5-15(20)17(12)24;9-7-3-1-2-6-4-5-10-8(6)7/h3-7,10-11H,8-9H2,1-2H3;1-3,10H,4-5H2/t11-;/m0./s1. The molecular formula is C27H25Cl2F3N2O4S. The van der Waals surface area contributed by atoms with E-state index in [9.17, 15) is 26.4 Å². The normalized spacial score (nSPS) is 15.0. The van der Waals surface area contributed by atoms with Crippen LogP contribution in [0.3, 0.4) is 0 Å². The molecule has 208 valence electrons. The van der Waals surface area contributed by atoms with Crippen LogP contribution in [0, 0.1) is 0 Å². The maximum Gasteiger partial charge on any atom is 0.425 e. The summed E-state index contributed by atoms with van der Waals surface area (Å²) in [5.41, 5.74) is 3.46. The van der Waals surface area contributed by atoms with E-state index < -0.39 is 28.0 Å². The molecule has 12 heteroatoms. The molecule has 5 rings (SSSR count). The third-order valence-corrected chi connectivity index (χ3v) is 8.09. The molecule has 2 aliphatic rings. The first kappa shape index (κ1) is 29.0. The van der Waals surface area contributed by atoms with Crippen molar-refractivity contribution in [3.05, 3.63) is 81.3 Å². The molecule has 0 saturated heterocycles. The van der Waals surface area contributed by atoms with Crippen LogP contribution in [0.15, 0.2) is 59.5 Å². The van der Waals surface area contributed by atoms with Crippen molar-refractivity contribution in [1.29, 1.82) is 0 Å². The minimum Gasteiger partial charge on any atom is -0.480 e. The lowest BCUT2D eigenvalue weighted by Gasteiger charge is -2.23. The van der Waals surface area contributed by atoms with E-state index in [1.54, 1.807) is 18.2 Å². The van der Waals surface area contributed by atoms with E-state index in [2.05, 4.69) is 11.4 Å². The van der Waals surface area contributed by atoms with Gasteiger partial charge in [-0.2, -0.15) is 13.2 Å². The Balaban J connectivity index is 0.000000292. The Bertz CT molecular complexity index is 1510. The molecule has 39 heavy (non-hydrogen) atoms. The van der Waals surface area contributed by atoms with Crippen LogP contribution in [-0.4, -0.2) is 46.0 Å². The fourth-order valence-electron chi connectivity index (χ4n) is 4.32. The van der Waals surface area contributed by atoms with Crippen LogP contribution in [0.1, 0.15) is 28.4 Å². The number of nitrogens with zero attached hydrogens (tertiary/aromatic N) is 1. The second-order valence-electron chi connectivity index (χ2n) is 9.14. The zero-order chi connectivity index (χ0) is 28.5. The number of amides is 1. The summed E-state index contributed by atoms with van der Waals surface area (Å²) in [4.78, 5) is 14.3. The Morgan fingerprint density at radius 2 is 1.69 bits per heavy atom. The summed E-state index contributed by atoms with van der Waals surface area (Å²) in [5.74, 6) is -1.04. The van der Waals surface area contributed by atoms with Gasteiger partial charge in [0.05, 0.1) is 31.9 Å². The molecule has 2 heterocycles. The van der Waals surface area contributed by atoms with Crippen molar-refractivity contribution in [2.75, 3.05) is 29.6 Å². The maximum atomic E-state index is 13.2. The van der Waals surface area contributed by atoms with Gasteiger partial charge in [-0.05, 0) is 61.2 Å². The van der Waals surface area contributed by atoms with Gasteiger partial charge in [-0.25, -0.2) is 8.42 Å². The molecule has 2 aliphatic heterocycles. The summed E-state index contributed by atoms with van der Waals surface area (Å²) in [6.45, 7) is 2.09. The zero-order valence-electron chi connectivity index (χ0n) is 21.0. The molecule has 0 radical (unpaired) electrons. The predicted molar refractivity (Wildman–Crippen MR) is 146 cm³/mol. The molecule has 0 aliphatic carbocycles. The number of carbonyl (C=O) groups excluding carboxylic acids is 1. The Hall–Kier alpha value is -2.95. The van der Waals surface area contributed by atoms with Gasteiger partial charge in [0.15, 0.2) is 15.9 Å². The fourth-order valence-corrected chi connectivity index (χ4v) is 5.52. The van der Waals surface area contributed by atoms with E-state index in [1.807, 2.05) is 12.1 Å². The highest BCUT2D eigenvalue weighted by atomic mass is 35.5. The number of rotatable bonds is 4. The Kier molecular flexibility index (Phi) is 8.39. The molecule has 6 nitrogen and oxygen atoms in total. The number of halogens is 5. The van der Waals surface area contributed by atoms with Crippen molar-refractivity contribution >= 4 is 50.3 Å². The number of hydrogen-bond acceptors (Lipinski definition) is 5. The summed E-state index contributed by atoms with van der Waals surface area (Å²) < 4.78 is 67.7. The summed E-state index contributed by atoms with van der Waals surface area (Å²) in [5, 5.41) is 4.40. The van der Waals surface area contributed by atoms with Gasteiger partial charge in [-0.3, -0.25) is 4.79 Å². The van der Waals surface area contributed by atoms with Crippen LogP contribution in [0.4, 0.5) is 24.5 Å². The highest BCUT2D eigenvalue weighted by Gasteiger charge is 2.39. The van der Waals surface area contributed by atoms with Gasteiger partial charge in [-0.15, -0.1) is 0 Å². The molecule has 0 fully saturated rings. The van der Waals surface area contributed by atoms with E-state index in [0.29, 0.717) is 17.1 Å². The minimum absolute atomic E-state index is 0.202. The first-order valence-electron chi connectivity index (χ1n) is 12.0. The highest BCUT2D eigenvalue weighted by Crippen LogP contribution is 2.38. The summed E-state index contributed by atoms with van der Waals surface area (Å²) in [6, 6.07) is 14.4. The molecule has 3 aromatic rings. The third kappa shape index (κ3) is 6.45. The van der Waals surface area contributed by atoms with Crippen LogP contribution in [0.25, 0.3) is 0 Å². The SMILES string of the molecule is C[C@H](Oc1ccc(S(C)(=O)=O)cc1C(=O)N1CCc2cccc(Cl)c21)C(F)(F)F.Clc1cccc2c1NCC2. The Labute approximate surface area is 234 Å². The van der Waals surface area contributed by atoms with E-state index in [1.165, 1.54) is 10.5 Å². The lowest BCUT2D eigenvalue weighted by atomic mass is 10.1. The van der Waals surface area contributed by atoms with Crippen molar-refractivity contribution in [2.45, 2.75) is 36.9 Å². The van der Waals surface area contributed by atoms with Gasteiger partial charge < -0.3 is 15.0 Å². The first-order valence-corrected chi connectivity index (χ1v) is 14.6. The number of alkyl halides is 3. The van der Waals surface area contributed by atoms with Gasteiger partial charge in [0.25, 0.3) is 5.91 Å². The molecule has 1 amide bonds. The number of fused-ring (bicyclic) bond motifs is 2. The van der Waals surface area contributed by atoms with Crippen LogP contribution in [0.5, 0.6) is 5.75 Å². The van der Waals surface area contributed by atoms with Gasteiger partial charge in [0.2, 0.25) is 0 Å². The third-order valence-electron chi connectivity index (χ3n) is 6.36. The average molecular weight is 601 g/mol. The summed E-state index contributed by atoms with van der Waals surface area (Å²) in [7, 11) is -3.70. The highest BCUT2D eigenvalue weighted by molar-refractivity contribution is 7.90. The van der Waals surface area contributed by atoms with Crippen molar-refractivity contribution in [1.82, 2.24) is 0 Å². The van der Waals surface area contributed by atoms with E-state index in [4.69, 9.17) is 27.9 Å². The topological polar surface area (TPSA) is 75.7 Å². The molecule has 3 aromatic carbocycles. The number of ether oxygens (including phenoxy) is 1. The van der Waals surface area contributed by atoms with Gasteiger partial charge in [0, 0.05) is 19.3 Å². The second kappa shape index (κ2) is 11.3. The number of para-hydroxylation sites is 2. The number of carbonyl (C=O) groups is 1. The van der Waals surface area contributed by atoms with E-state index >= 15 is 0 Å².